The predicted molar refractivity (Wildman–Crippen MR) is 75.5 cm³/mol. The maximum Gasteiger partial charge on any atom is 0.235 e. The Morgan fingerprint density at radius 2 is 2.21 bits per heavy atom. The van der Waals surface area contributed by atoms with Crippen molar-refractivity contribution in [2.24, 2.45) is 5.92 Å². The molecule has 2 N–H and O–H groups in total. The van der Waals surface area contributed by atoms with Crippen LogP contribution >= 0.6 is 0 Å². The maximum atomic E-state index is 12.2. The van der Waals surface area contributed by atoms with Crippen LogP contribution in [0.3, 0.4) is 0 Å². The molecule has 1 atom stereocenters. The van der Waals surface area contributed by atoms with Gasteiger partial charge < -0.3 is 10.6 Å². The smallest absolute Gasteiger partial charge is 0.235 e. The zero-order chi connectivity index (χ0) is 14.7. The zero-order valence-electron chi connectivity index (χ0n) is 12.7. The third-order valence-corrected chi connectivity index (χ3v) is 4.09. The number of hydrogen-bond acceptors (Lipinski definition) is 4. The minimum atomic E-state index is -0.796. The monoisotopic (exact) mass is 266 g/mol. The van der Waals surface area contributed by atoms with Gasteiger partial charge in [0, 0.05) is 25.2 Å². The van der Waals surface area contributed by atoms with Gasteiger partial charge >= 0.3 is 0 Å². The van der Waals surface area contributed by atoms with Crippen LogP contribution in [0, 0.1) is 17.2 Å². The van der Waals surface area contributed by atoms with E-state index in [1.165, 1.54) is 0 Å². The van der Waals surface area contributed by atoms with Crippen molar-refractivity contribution in [3.63, 3.8) is 0 Å². The van der Waals surface area contributed by atoms with Gasteiger partial charge in [0.2, 0.25) is 5.91 Å². The molecule has 0 aromatic heterocycles. The lowest BCUT2D eigenvalue weighted by Crippen LogP contribution is -2.61. The maximum absolute atomic E-state index is 12.2. The Morgan fingerprint density at radius 3 is 2.68 bits per heavy atom. The van der Waals surface area contributed by atoms with Crippen LogP contribution in [0.5, 0.6) is 0 Å². The first kappa shape index (κ1) is 15.9. The molecule has 1 fully saturated rings. The number of nitrogens with zero attached hydrogens (tertiary/aromatic N) is 2. The molecule has 1 heterocycles. The van der Waals surface area contributed by atoms with Crippen LogP contribution in [0.1, 0.15) is 34.6 Å². The van der Waals surface area contributed by atoms with Gasteiger partial charge in [0.05, 0.1) is 12.6 Å². The highest BCUT2D eigenvalue weighted by Crippen LogP contribution is 2.17. The standard InChI is InChI=1S/C14H26N4O/c1-11(2)14(5,9-15)17-12(19)8-18-7-6-16-10-13(18,3)4/h11,16H,6-8,10H2,1-5H3,(H,17,19). The van der Waals surface area contributed by atoms with Crippen molar-refractivity contribution in [1.82, 2.24) is 15.5 Å². The second-order valence-electron chi connectivity index (χ2n) is 6.43. The molecule has 1 saturated heterocycles. The molecule has 0 bridgehead atoms. The van der Waals surface area contributed by atoms with Gasteiger partial charge in [-0.1, -0.05) is 13.8 Å². The third kappa shape index (κ3) is 3.92. The molecule has 0 spiro atoms. The molecule has 0 aromatic carbocycles. The molecule has 1 aliphatic heterocycles. The van der Waals surface area contributed by atoms with Crippen molar-refractivity contribution < 1.29 is 4.79 Å². The van der Waals surface area contributed by atoms with E-state index < -0.39 is 5.54 Å². The van der Waals surface area contributed by atoms with E-state index in [1.807, 2.05) is 13.8 Å². The van der Waals surface area contributed by atoms with Gasteiger partial charge in [0.1, 0.15) is 5.54 Å². The molecule has 1 aliphatic rings. The normalized spacial score (nSPS) is 22.6. The van der Waals surface area contributed by atoms with Gasteiger partial charge in [-0.25, -0.2) is 0 Å². The molecule has 0 aromatic rings. The topological polar surface area (TPSA) is 68.2 Å². The summed E-state index contributed by atoms with van der Waals surface area (Å²) < 4.78 is 0. The summed E-state index contributed by atoms with van der Waals surface area (Å²) in [6, 6.07) is 2.20. The SMILES string of the molecule is CC(C)C(C)(C#N)NC(=O)CN1CCNCC1(C)C. The lowest BCUT2D eigenvalue weighted by molar-refractivity contribution is -0.125. The molecule has 0 radical (unpaired) electrons. The Hall–Kier alpha value is -1.12. The first-order valence-corrected chi connectivity index (χ1v) is 6.89. The molecular weight excluding hydrogens is 240 g/mol. The predicted octanol–water partition coefficient (Wildman–Crippen LogP) is 0.725. The van der Waals surface area contributed by atoms with E-state index in [1.54, 1.807) is 6.92 Å². The van der Waals surface area contributed by atoms with Gasteiger partial charge in [0.25, 0.3) is 0 Å². The molecule has 1 amide bonds. The highest BCUT2D eigenvalue weighted by molar-refractivity contribution is 5.79. The number of piperazine rings is 1. The van der Waals surface area contributed by atoms with Crippen molar-refractivity contribution in [2.75, 3.05) is 26.2 Å². The molecule has 0 saturated carbocycles. The summed E-state index contributed by atoms with van der Waals surface area (Å²) >= 11 is 0. The van der Waals surface area contributed by atoms with Crippen LogP contribution in [-0.2, 0) is 4.79 Å². The molecule has 1 rings (SSSR count). The second-order valence-corrected chi connectivity index (χ2v) is 6.43. The quantitative estimate of drug-likeness (QED) is 0.787. The average molecular weight is 266 g/mol. The van der Waals surface area contributed by atoms with Crippen LogP contribution < -0.4 is 10.6 Å². The highest BCUT2D eigenvalue weighted by atomic mass is 16.2. The van der Waals surface area contributed by atoms with E-state index >= 15 is 0 Å². The fourth-order valence-electron chi connectivity index (χ4n) is 2.12. The number of hydrogen-bond donors (Lipinski definition) is 2. The fraction of sp³-hybridized carbons (Fsp3) is 0.857. The molecular formula is C14H26N4O. The van der Waals surface area contributed by atoms with Gasteiger partial charge in [-0.05, 0) is 26.7 Å². The minimum Gasteiger partial charge on any atom is -0.337 e. The van der Waals surface area contributed by atoms with Crippen LogP contribution in [-0.4, -0.2) is 48.1 Å². The Morgan fingerprint density at radius 1 is 1.58 bits per heavy atom. The summed E-state index contributed by atoms with van der Waals surface area (Å²) in [6.07, 6.45) is 0. The average Bonchev–Trinajstić information content (AvgIpc) is 2.31. The van der Waals surface area contributed by atoms with E-state index in [0.29, 0.717) is 6.54 Å². The summed E-state index contributed by atoms with van der Waals surface area (Å²) in [4.78, 5) is 14.3. The molecule has 108 valence electrons. The van der Waals surface area contributed by atoms with Gasteiger partial charge in [-0.3, -0.25) is 9.69 Å². The molecule has 5 nitrogen and oxygen atoms in total. The van der Waals surface area contributed by atoms with E-state index in [0.717, 1.165) is 19.6 Å². The van der Waals surface area contributed by atoms with Crippen LogP contribution in [0.15, 0.2) is 0 Å². The number of carbonyl (C=O) groups is 1. The van der Waals surface area contributed by atoms with Crippen molar-refractivity contribution in [3.8, 4) is 6.07 Å². The summed E-state index contributed by atoms with van der Waals surface area (Å²) in [7, 11) is 0. The van der Waals surface area contributed by atoms with Gasteiger partial charge in [0.15, 0.2) is 0 Å². The molecule has 19 heavy (non-hydrogen) atoms. The van der Waals surface area contributed by atoms with Crippen LogP contribution in [0.25, 0.3) is 0 Å². The summed E-state index contributed by atoms with van der Waals surface area (Å²) in [6.45, 7) is 12.9. The first-order chi connectivity index (χ1) is 8.71. The van der Waals surface area contributed by atoms with E-state index in [4.69, 9.17) is 0 Å². The Labute approximate surface area is 116 Å². The number of amides is 1. The summed E-state index contributed by atoms with van der Waals surface area (Å²) in [5.74, 6) is 0.00482. The number of nitrogens with one attached hydrogen (secondary N) is 2. The second kappa shape index (κ2) is 5.89. The van der Waals surface area contributed by atoms with Gasteiger partial charge in [-0.15, -0.1) is 0 Å². The van der Waals surface area contributed by atoms with Crippen molar-refractivity contribution in [1.29, 1.82) is 5.26 Å². The number of carbonyl (C=O) groups excluding carboxylic acids is 1. The minimum absolute atomic E-state index is 0.0313. The molecule has 0 aliphatic carbocycles. The van der Waals surface area contributed by atoms with Crippen molar-refractivity contribution in [2.45, 2.75) is 45.7 Å². The molecule has 1 unspecified atom stereocenters. The Kier molecular flexibility index (Phi) is 4.94. The highest BCUT2D eigenvalue weighted by Gasteiger charge is 2.34. The van der Waals surface area contributed by atoms with Crippen molar-refractivity contribution >= 4 is 5.91 Å². The lowest BCUT2D eigenvalue weighted by Gasteiger charge is -2.42. The zero-order valence-corrected chi connectivity index (χ0v) is 12.7. The summed E-state index contributed by atoms with van der Waals surface area (Å²) in [5, 5.41) is 15.4. The van der Waals surface area contributed by atoms with E-state index in [-0.39, 0.29) is 17.4 Å². The number of rotatable bonds is 4. The van der Waals surface area contributed by atoms with Gasteiger partial charge in [-0.2, -0.15) is 5.26 Å². The first-order valence-electron chi connectivity index (χ1n) is 6.89. The van der Waals surface area contributed by atoms with E-state index in [2.05, 4.69) is 35.5 Å². The van der Waals surface area contributed by atoms with Crippen molar-refractivity contribution in [3.05, 3.63) is 0 Å². The fourth-order valence-corrected chi connectivity index (χ4v) is 2.12. The largest absolute Gasteiger partial charge is 0.337 e. The Bertz CT molecular complexity index is 372. The van der Waals surface area contributed by atoms with Crippen LogP contribution in [0.2, 0.25) is 0 Å². The Balaban J connectivity index is 2.63. The molecule has 5 heteroatoms. The lowest BCUT2D eigenvalue weighted by atomic mass is 9.90. The third-order valence-electron chi connectivity index (χ3n) is 4.09. The van der Waals surface area contributed by atoms with Crippen LogP contribution in [0.4, 0.5) is 0 Å². The number of nitriles is 1. The summed E-state index contributed by atoms with van der Waals surface area (Å²) in [5.41, 5.74) is -0.828. The van der Waals surface area contributed by atoms with E-state index in [9.17, 15) is 10.1 Å².